The Bertz CT molecular complexity index is 331. The van der Waals surface area contributed by atoms with E-state index >= 15 is 0 Å². The van der Waals surface area contributed by atoms with Crippen LogP contribution in [0, 0.1) is 6.92 Å². The van der Waals surface area contributed by atoms with Gasteiger partial charge in [0.2, 0.25) is 0 Å². The van der Waals surface area contributed by atoms with Crippen molar-refractivity contribution in [3.63, 3.8) is 0 Å². The monoisotopic (exact) mass is 204 g/mol. The van der Waals surface area contributed by atoms with Crippen LogP contribution in [0.2, 0.25) is 0 Å². The third kappa shape index (κ3) is 3.74. The van der Waals surface area contributed by atoms with Crippen LogP contribution in [0.15, 0.2) is 29.4 Å². The number of rotatable bonds is 2. The second kappa shape index (κ2) is 4.47. The second-order valence-electron chi connectivity index (χ2n) is 4.85. The number of hydrogen-bond donors (Lipinski definition) is 0. The quantitative estimate of drug-likeness (QED) is 0.534. The molecule has 0 saturated carbocycles. The van der Waals surface area contributed by atoms with Gasteiger partial charge in [0.05, 0.1) is 6.21 Å². The second-order valence-corrected chi connectivity index (χ2v) is 4.85. The van der Waals surface area contributed by atoms with Crippen molar-refractivity contribution in [2.75, 3.05) is 7.05 Å². The van der Waals surface area contributed by atoms with Crippen LogP contribution in [0.4, 0.5) is 0 Å². The summed E-state index contributed by atoms with van der Waals surface area (Å²) in [4.78, 5) is 0. The molecular weight excluding hydrogens is 184 g/mol. The van der Waals surface area contributed by atoms with Crippen molar-refractivity contribution in [1.82, 2.24) is 5.01 Å². The molecule has 0 N–H and O–H groups in total. The summed E-state index contributed by atoms with van der Waals surface area (Å²) in [5, 5.41) is 6.37. The van der Waals surface area contributed by atoms with Crippen molar-refractivity contribution >= 4 is 6.21 Å². The zero-order valence-electron chi connectivity index (χ0n) is 10.3. The maximum Gasteiger partial charge on any atom is 0.0543 e. The van der Waals surface area contributed by atoms with Gasteiger partial charge in [0.15, 0.2) is 0 Å². The lowest BCUT2D eigenvalue weighted by molar-refractivity contribution is 0.185. The molecule has 82 valence electrons. The minimum absolute atomic E-state index is 0.0706. The van der Waals surface area contributed by atoms with Crippen molar-refractivity contribution in [3.8, 4) is 0 Å². The van der Waals surface area contributed by atoms with Gasteiger partial charge in [-0.15, -0.1) is 0 Å². The average molecular weight is 204 g/mol. The van der Waals surface area contributed by atoms with Gasteiger partial charge in [0.25, 0.3) is 0 Å². The molecule has 0 aliphatic heterocycles. The SMILES string of the molecule is Cc1ccc(/C=N/N(C)C(C)(C)C)cc1. The van der Waals surface area contributed by atoms with Gasteiger partial charge in [0, 0.05) is 12.6 Å². The van der Waals surface area contributed by atoms with E-state index in [0.717, 1.165) is 5.56 Å². The molecule has 1 aromatic carbocycles. The van der Waals surface area contributed by atoms with E-state index in [4.69, 9.17) is 0 Å². The Morgan fingerprint density at radius 3 is 2.13 bits per heavy atom. The van der Waals surface area contributed by atoms with E-state index in [2.05, 4.69) is 57.1 Å². The zero-order chi connectivity index (χ0) is 11.5. The Morgan fingerprint density at radius 2 is 1.67 bits per heavy atom. The van der Waals surface area contributed by atoms with E-state index in [0.29, 0.717) is 0 Å². The molecule has 0 aromatic heterocycles. The Labute approximate surface area is 92.6 Å². The molecule has 2 heteroatoms. The molecule has 0 aliphatic carbocycles. The summed E-state index contributed by atoms with van der Waals surface area (Å²) in [5.41, 5.74) is 2.48. The molecule has 0 saturated heterocycles. The Morgan fingerprint density at radius 1 is 1.13 bits per heavy atom. The number of benzene rings is 1. The predicted octanol–water partition coefficient (Wildman–Crippen LogP) is 3.06. The van der Waals surface area contributed by atoms with Gasteiger partial charge in [-0.25, -0.2) is 0 Å². The summed E-state index contributed by atoms with van der Waals surface area (Å²) in [6.07, 6.45) is 1.89. The van der Waals surface area contributed by atoms with Gasteiger partial charge < -0.3 is 0 Å². The fourth-order valence-corrected chi connectivity index (χ4v) is 0.979. The van der Waals surface area contributed by atoms with Crippen molar-refractivity contribution in [1.29, 1.82) is 0 Å². The summed E-state index contributed by atoms with van der Waals surface area (Å²) in [5.74, 6) is 0. The third-order valence-corrected chi connectivity index (χ3v) is 2.43. The molecule has 0 atom stereocenters. The molecule has 0 heterocycles. The standard InChI is InChI=1S/C13H20N2/c1-11-6-8-12(9-7-11)10-14-15(5)13(2,3)4/h6-10H,1-5H3/b14-10+. The van der Waals surface area contributed by atoms with E-state index < -0.39 is 0 Å². The molecule has 0 fully saturated rings. The Kier molecular flexibility index (Phi) is 3.51. The van der Waals surface area contributed by atoms with Gasteiger partial charge in [-0.3, -0.25) is 5.01 Å². The van der Waals surface area contributed by atoms with Crippen LogP contribution >= 0.6 is 0 Å². The molecule has 15 heavy (non-hydrogen) atoms. The minimum atomic E-state index is 0.0706. The molecule has 0 amide bonds. The molecule has 2 nitrogen and oxygen atoms in total. The molecule has 0 aliphatic rings. The number of hydrogen-bond acceptors (Lipinski definition) is 2. The first-order valence-electron chi connectivity index (χ1n) is 5.24. The third-order valence-electron chi connectivity index (χ3n) is 2.43. The highest BCUT2D eigenvalue weighted by molar-refractivity contribution is 5.79. The fourth-order valence-electron chi connectivity index (χ4n) is 0.979. The maximum atomic E-state index is 4.40. The summed E-state index contributed by atoms with van der Waals surface area (Å²) in [7, 11) is 1.99. The first-order chi connectivity index (χ1) is 6.89. The van der Waals surface area contributed by atoms with E-state index in [1.807, 2.05) is 18.3 Å². The lowest BCUT2D eigenvalue weighted by Crippen LogP contribution is -2.33. The first kappa shape index (κ1) is 11.8. The molecule has 0 bridgehead atoms. The van der Waals surface area contributed by atoms with Crippen molar-refractivity contribution < 1.29 is 0 Å². The van der Waals surface area contributed by atoms with Crippen LogP contribution < -0.4 is 0 Å². The van der Waals surface area contributed by atoms with Crippen molar-refractivity contribution in [2.24, 2.45) is 5.10 Å². The predicted molar refractivity (Wildman–Crippen MR) is 66.3 cm³/mol. The van der Waals surface area contributed by atoms with E-state index in [1.54, 1.807) is 0 Å². The lowest BCUT2D eigenvalue weighted by Gasteiger charge is -2.28. The normalized spacial score (nSPS) is 12.1. The van der Waals surface area contributed by atoms with Gasteiger partial charge in [-0.05, 0) is 33.3 Å². The van der Waals surface area contributed by atoms with Gasteiger partial charge in [0.1, 0.15) is 0 Å². The topological polar surface area (TPSA) is 15.6 Å². The van der Waals surface area contributed by atoms with Crippen molar-refractivity contribution in [2.45, 2.75) is 33.2 Å². The van der Waals surface area contributed by atoms with Crippen molar-refractivity contribution in [3.05, 3.63) is 35.4 Å². The maximum absolute atomic E-state index is 4.40. The Hall–Kier alpha value is -1.31. The molecule has 0 radical (unpaired) electrons. The largest absolute Gasteiger partial charge is 0.295 e. The van der Waals surface area contributed by atoms with Crippen LogP contribution in [-0.4, -0.2) is 23.8 Å². The van der Waals surface area contributed by atoms with Gasteiger partial charge in [-0.1, -0.05) is 29.8 Å². The summed E-state index contributed by atoms with van der Waals surface area (Å²) < 4.78 is 0. The smallest absolute Gasteiger partial charge is 0.0543 e. The highest BCUT2D eigenvalue weighted by Gasteiger charge is 2.13. The summed E-state index contributed by atoms with van der Waals surface area (Å²) in [6.45, 7) is 8.50. The first-order valence-corrected chi connectivity index (χ1v) is 5.24. The number of nitrogens with zero attached hydrogens (tertiary/aromatic N) is 2. The number of hydrazone groups is 1. The summed E-state index contributed by atoms with van der Waals surface area (Å²) >= 11 is 0. The zero-order valence-corrected chi connectivity index (χ0v) is 10.3. The van der Waals surface area contributed by atoms with E-state index in [-0.39, 0.29) is 5.54 Å². The van der Waals surface area contributed by atoms with Crippen LogP contribution in [-0.2, 0) is 0 Å². The minimum Gasteiger partial charge on any atom is -0.295 e. The van der Waals surface area contributed by atoms with E-state index in [1.165, 1.54) is 5.56 Å². The molecule has 1 rings (SSSR count). The van der Waals surface area contributed by atoms with E-state index in [9.17, 15) is 0 Å². The highest BCUT2D eigenvalue weighted by Crippen LogP contribution is 2.10. The fraction of sp³-hybridized carbons (Fsp3) is 0.462. The lowest BCUT2D eigenvalue weighted by atomic mass is 10.1. The molecular formula is C13H20N2. The highest BCUT2D eigenvalue weighted by atomic mass is 15.5. The van der Waals surface area contributed by atoms with Crippen LogP contribution in [0.3, 0.4) is 0 Å². The Balaban J connectivity index is 2.70. The van der Waals surface area contributed by atoms with Crippen LogP contribution in [0.1, 0.15) is 31.9 Å². The molecule has 0 unspecified atom stereocenters. The van der Waals surface area contributed by atoms with Gasteiger partial charge >= 0.3 is 0 Å². The van der Waals surface area contributed by atoms with Crippen LogP contribution in [0.5, 0.6) is 0 Å². The van der Waals surface area contributed by atoms with Crippen LogP contribution in [0.25, 0.3) is 0 Å². The number of aryl methyl sites for hydroxylation is 1. The summed E-state index contributed by atoms with van der Waals surface area (Å²) in [6, 6.07) is 8.35. The van der Waals surface area contributed by atoms with Gasteiger partial charge in [-0.2, -0.15) is 5.10 Å². The average Bonchev–Trinajstić information content (AvgIpc) is 2.15. The molecule has 1 aromatic rings. The molecule has 0 spiro atoms.